The van der Waals surface area contributed by atoms with Gasteiger partial charge in [0.05, 0.1) is 12.0 Å². The van der Waals surface area contributed by atoms with Crippen LogP contribution in [-0.4, -0.2) is 23.6 Å². The molecule has 0 aromatic carbocycles. The van der Waals surface area contributed by atoms with Crippen LogP contribution < -0.4 is 4.90 Å². The van der Waals surface area contributed by atoms with E-state index in [1.54, 1.807) is 0 Å². The third-order valence-corrected chi connectivity index (χ3v) is 2.92. The van der Waals surface area contributed by atoms with Crippen LogP contribution >= 0.6 is 15.9 Å². The van der Waals surface area contributed by atoms with Crippen LogP contribution in [0, 0.1) is 17.2 Å². The van der Waals surface area contributed by atoms with Gasteiger partial charge in [-0.3, -0.25) is 0 Å². The van der Waals surface area contributed by atoms with Crippen LogP contribution in [0.5, 0.6) is 0 Å². The zero-order valence-corrected chi connectivity index (χ0v) is 13.1. The van der Waals surface area contributed by atoms with Crippen molar-refractivity contribution in [1.29, 1.82) is 5.26 Å². The molecule has 0 fully saturated rings. The van der Waals surface area contributed by atoms with Crippen LogP contribution in [0.4, 0.5) is 5.82 Å². The normalized spacial score (nSPS) is 12.9. The van der Waals surface area contributed by atoms with Gasteiger partial charge in [0, 0.05) is 25.1 Å². The lowest BCUT2D eigenvalue weighted by Gasteiger charge is -2.23. The van der Waals surface area contributed by atoms with E-state index in [9.17, 15) is 0 Å². The van der Waals surface area contributed by atoms with Crippen molar-refractivity contribution < 1.29 is 0 Å². The average molecular weight is 311 g/mol. The minimum Gasteiger partial charge on any atom is -0.358 e. The fourth-order valence-corrected chi connectivity index (χ4v) is 1.85. The molecule has 0 aliphatic heterocycles. The summed E-state index contributed by atoms with van der Waals surface area (Å²) in [5.41, 5.74) is -0.0970. The first kappa shape index (κ1) is 14.9. The van der Waals surface area contributed by atoms with E-state index in [4.69, 9.17) is 5.26 Å². The molecule has 5 heteroatoms. The van der Waals surface area contributed by atoms with Crippen molar-refractivity contribution in [3.8, 4) is 6.07 Å². The zero-order chi connectivity index (χ0) is 13.9. The van der Waals surface area contributed by atoms with E-state index in [1.807, 2.05) is 24.9 Å². The lowest BCUT2D eigenvalue weighted by molar-refractivity contribution is 0.542. The van der Waals surface area contributed by atoms with Gasteiger partial charge in [-0.15, -0.1) is 0 Å². The van der Waals surface area contributed by atoms with Crippen LogP contribution in [0.1, 0.15) is 33.5 Å². The second-order valence-electron chi connectivity index (χ2n) is 5.53. The van der Waals surface area contributed by atoms with E-state index < -0.39 is 0 Å². The summed E-state index contributed by atoms with van der Waals surface area (Å²) in [5, 5.41) is 8.85. The van der Waals surface area contributed by atoms with Crippen LogP contribution in [0.15, 0.2) is 10.7 Å². The number of hydrogen-bond acceptors (Lipinski definition) is 4. The van der Waals surface area contributed by atoms with Gasteiger partial charge in [0.2, 0.25) is 0 Å². The summed E-state index contributed by atoms with van der Waals surface area (Å²) in [5.74, 6) is 1.61. The highest BCUT2D eigenvalue weighted by atomic mass is 79.9. The second kappa shape index (κ2) is 5.66. The van der Waals surface area contributed by atoms with Gasteiger partial charge in [0.25, 0.3) is 0 Å². The van der Waals surface area contributed by atoms with Gasteiger partial charge >= 0.3 is 0 Å². The van der Waals surface area contributed by atoms with E-state index in [1.165, 1.54) is 0 Å². The quantitative estimate of drug-likeness (QED) is 0.805. The molecule has 1 unspecified atom stereocenters. The summed E-state index contributed by atoms with van der Waals surface area (Å²) >= 11 is 3.41. The number of halogens is 1. The summed E-state index contributed by atoms with van der Waals surface area (Å²) in [4.78, 5) is 10.9. The summed E-state index contributed by atoms with van der Waals surface area (Å²) in [6.45, 7) is 8.80. The molecule has 0 N–H and O–H groups in total. The Morgan fingerprint density at radius 3 is 2.56 bits per heavy atom. The maximum Gasteiger partial charge on any atom is 0.137 e. The van der Waals surface area contributed by atoms with Gasteiger partial charge in [0.15, 0.2) is 0 Å². The molecule has 0 radical (unpaired) electrons. The van der Waals surface area contributed by atoms with E-state index >= 15 is 0 Å². The zero-order valence-electron chi connectivity index (χ0n) is 11.5. The first-order chi connectivity index (χ1) is 8.24. The third-order valence-electron chi connectivity index (χ3n) is 2.51. The summed E-state index contributed by atoms with van der Waals surface area (Å²) in [6.07, 6.45) is 0. The summed E-state index contributed by atoms with van der Waals surface area (Å²) < 4.78 is 0.772. The minimum atomic E-state index is -0.0970. The van der Waals surface area contributed by atoms with Crippen molar-refractivity contribution in [1.82, 2.24) is 9.97 Å². The summed E-state index contributed by atoms with van der Waals surface area (Å²) in [7, 11) is 1.94. The van der Waals surface area contributed by atoms with Crippen molar-refractivity contribution >= 4 is 21.7 Å². The Kier molecular flexibility index (Phi) is 4.69. The van der Waals surface area contributed by atoms with E-state index in [0.29, 0.717) is 6.54 Å². The minimum absolute atomic E-state index is 0.0261. The molecule has 0 amide bonds. The molecule has 0 aliphatic carbocycles. The van der Waals surface area contributed by atoms with Gasteiger partial charge < -0.3 is 4.90 Å². The number of rotatable bonds is 3. The molecule has 1 heterocycles. The molecule has 1 aromatic rings. The third kappa shape index (κ3) is 3.95. The lowest BCUT2D eigenvalue weighted by atomic mass is 9.96. The predicted octanol–water partition coefficient (Wildman–Crippen LogP) is 3.13. The van der Waals surface area contributed by atoms with Crippen LogP contribution in [0.2, 0.25) is 0 Å². The Hall–Kier alpha value is -1.15. The number of nitriles is 1. The van der Waals surface area contributed by atoms with Gasteiger partial charge in [-0.25, -0.2) is 9.97 Å². The van der Waals surface area contributed by atoms with Crippen molar-refractivity contribution in [3.05, 3.63) is 16.5 Å². The number of nitrogens with zero attached hydrogens (tertiary/aromatic N) is 4. The number of aromatic nitrogens is 2. The van der Waals surface area contributed by atoms with Gasteiger partial charge in [-0.1, -0.05) is 20.8 Å². The number of hydrogen-bond donors (Lipinski definition) is 0. The van der Waals surface area contributed by atoms with E-state index in [2.05, 4.69) is 52.7 Å². The molecule has 0 spiro atoms. The Labute approximate surface area is 117 Å². The average Bonchev–Trinajstić information content (AvgIpc) is 2.26. The molecule has 0 saturated heterocycles. The Morgan fingerprint density at radius 2 is 2.06 bits per heavy atom. The smallest absolute Gasteiger partial charge is 0.137 e. The highest BCUT2D eigenvalue weighted by Gasteiger charge is 2.20. The Morgan fingerprint density at radius 1 is 1.44 bits per heavy atom. The predicted molar refractivity (Wildman–Crippen MR) is 76.5 cm³/mol. The van der Waals surface area contributed by atoms with E-state index in [-0.39, 0.29) is 11.3 Å². The Balaban J connectivity index is 3.03. The van der Waals surface area contributed by atoms with Crippen LogP contribution in [-0.2, 0) is 5.41 Å². The first-order valence-corrected chi connectivity index (χ1v) is 6.69. The SMILES string of the molecule is CC(C#N)CN(C)c1cc(Br)nc(C(C)(C)C)n1. The van der Waals surface area contributed by atoms with Gasteiger partial charge in [-0.2, -0.15) is 5.26 Å². The highest BCUT2D eigenvalue weighted by Crippen LogP contribution is 2.24. The second-order valence-corrected chi connectivity index (χ2v) is 6.35. The molecule has 0 aliphatic rings. The topological polar surface area (TPSA) is 52.8 Å². The van der Waals surface area contributed by atoms with Crippen molar-refractivity contribution in [2.45, 2.75) is 33.1 Å². The van der Waals surface area contributed by atoms with Gasteiger partial charge in [0.1, 0.15) is 16.2 Å². The molecule has 1 aromatic heterocycles. The molecule has 18 heavy (non-hydrogen) atoms. The largest absolute Gasteiger partial charge is 0.358 e. The van der Waals surface area contributed by atoms with Crippen LogP contribution in [0.3, 0.4) is 0 Å². The standard InChI is InChI=1S/C13H19BrN4/c1-9(7-15)8-18(5)11-6-10(14)16-12(17-11)13(2,3)4/h6,9H,8H2,1-5H3. The van der Waals surface area contributed by atoms with Crippen LogP contribution in [0.25, 0.3) is 0 Å². The van der Waals surface area contributed by atoms with E-state index in [0.717, 1.165) is 16.2 Å². The maximum absolute atomic E-state index is 8.85. The molecule has 98 valence electrons. The molecule has 0 bridgehead atoms. The maximum atomic E-state index is 8.85. The summed E-state index contributed by atoms with van der Waals surface area (Å²) in [6, 6.07) is 4.10. The molecular formula is C13H19BrN4. The van der Waals surface area contributed by atoms with Crippen molar-refractivity contribution in [2.24, 2.45) is 5.92 Å². The fraction of sp³-hybridized carbons (Fsp3) is 0.615. The lowest BCUT2D eigenvalue weighted by Crippen LogP contribution is -2.26. The monoisotopic (exact) mass is 310 g/mol. The molecule has 0 saturated carbocycles. The van der Waals surface area contributed by atoms with Crippen molar-refractivity contribution in [3.63, 3.8) is 0 Å². The number of anilines is 1. The fourth-order valence-electron chi connectivity index (χ4n) is 1.48. The first-order valence-electron chi connectivity index (χ1n) is 5.90. The Bertz CT molecular complexity index is 459. The van der Waals surface area contributed by atoms with Crippen molar-refractivity contribution in [2.75, 3.05) is 18.5 Å². The molecule has 1 atom stereocenters. The molecule has 4 nitrogen and oxygen atoms in total. The molecular weight excluding hydrogens is 292 g/mol. The van der Waals surface area contributed by atoms with Gasteiger partial charge in [-0.05, 0) is 22.9 Å². The highest BCUT2D eigenvalue weighted by molar-refractivity contribution is 9.10. The molecule has 1 rings (SSSR count).